The van der Waals surface area contributed by atoms with Gasteiger partial charge in [0.05, 0.1) is 0 Å². The second-order valence-electron chi connectivity index (χ2n) is 11.6. The monoisotopic (exact) mass is 513 g/mol. The van der Waals surface area contributed by atoms with E-state index in [4.69, 9.17) is 0 Å². The highest BCUT2D eigenvalue weighted by molar-refractivity contribution is 5.97. The molecular formula is C30H44FN3O3. The molecule has 0 unspecified atom stereocenters. The van der Waals surface area contributed by atoms with Crippen molar-refractivity contribution < 1.29 is 18.8 Å². The van der Waals surface area contributed by atoms with Crippen molar-refractivity contribution in [3.63, 3.8) is 0 Å². The molecule has 0 radical (unpaired) electrons. The van der Waals surface area contributed by atoms with Gasteiger partial charge in [0.2, 0.25) is 11.8 Å². The number of halogens is 1. The second-order valence-corrected chi connectivity index (χ2v) is 11.6. The fourth-order valence-corrected chi connectivity index (χ4v) is 6.94. The molecule has 3 fully saturated rings. The van der Waals surface area contributed by atoms with Crippen molar-refractivity contribution in [2.24, 2.45) is 11.8 Å². The van der Waals surface area contributed by atoms with Crippen LogP contribution in [0.5, 0.6) is 0 Å². The molecule has 2 amide bonds. The average Bonchev–Trinajstić information content (AvgIpc) is 2.89. The van der Waals surface area contributed by atoms with Crippen molar-refractivity contribution in [1.29, 1.82) is 0 Å². The van der Waals surface area contributed by atoms with Gasteiger partial charge in [0, 0.05) is 43.5 Å². The van der Waals surface area contributed by atoms with Crippen molar-refractivity contribution in [3.05, 3.63) is 35.6 Å². The lowest BCUT2D eigenvalue weighted by Crippen LogP contribution is -2.50. The average molecular weight is 514 g/mol. The predicted octanol–water partition coefficient (Wildman–Crippen LogP) is 4.97. The van der Waals surface area contributed by atoms with E-state index >= 15 is 0 Å². The second kappa shape index (κ2) is 13.0. The molecule has 37 heavy (non-hydrogen) atoms. The number of nitrogens with one attached hydrogen (secondary N) is 1. The molecule has 1 aliphatic heterocycles. The fraction of sp³-hybridized carbons (Fsp3) is 0.700. The van der Waals surface area contributed by atoms with E-state index in [1.807, 2.05) is 0 Å². The van der Waals surface area contributed by atoms with Crippen LogP contribution in [0.3, 0.4) is 0 Å². The molecule has 1 heterocycles. The summed E-state index contributed by atoms with van der Waals surface area (Å²) in [5.74, 6) is 0.830. The van der Waals surface area contributed by atoms with Crippen LogP contribution in [0, 0.1) is 17.7 Å². The van der Waals surface area contributed by atoms with E-state index in [1.54, 1.807) is 26.0 Å². The normalized spacial score (nSPS) is 27.4. The molecule has 1 saturated heterocycles. The van der Waals surface area contributed by atoms with Crippen molar-refractivity contribution in [3.8, 4) is 0 Å². The molecule has 2 saturated carbocycles. The molecule has 1 aromatic carbocycles. The van der Waals surface area contributed by atoms with Crippen molar-refractivity contribution in [2.75, 3.05) is 19.6 Å². The first kappa shape index (κ1) is 27.7. The third-order valence-electron chi connectivity index (χ3n) is 9.01. The molecule has 0 bridgehead atoms. The minimum Gasteiger partial charge on any atom is -0.354 e. The van der Waals surface area contributed by atoms with Crippen LogP contribution in [0.1, 0.15) is 94.8 Å². The van der Waals surface area contributed by atoms with Gasteiger partial charge in [-0.15, -0.1) is 0 Å². The first-order chi connectivity index (χ1) is 17.8. The highest BCUT2D eigenvalue weighted by atomic mass is 19.1. The van der Waals surface area contributed by atoms with Gasteiger partial charge in [0.1, 0.15) is 5.82 Å². The maximum Gasteiger partial charge on any atom is 0.219 e. The number of likely N-dealkylation sites (tertiary alicyclic amines) is 1. The number of ketones is 1. The number of amides is 2. The van der Waals surface area contributed by atoms with Gasteiger partial charge in [0.15, 0.2) is 5.78 Å². The lowest BCUT2D eigenvalue weighted by atomic mass is 9.81. The fourth-order valence-electron chi connectivity index (χ4n) is 6.94. The van der Waals surface area contributed by atoms with Gasteiger partial charge >= 0.3 is 0 Å². The molecule has 7 heteroatoms. The number of hydrogen-bond acceptors (Lipinski definition) is 4. The maximum absolute atomic E-state index is 13.2. The molecule has 1 aromatic rings. The summed E-state index contributed by atoms with van der Waals surface area (Å²) in [5.41, 5.74) is 0.622. The molecular weight excluding hydrogens is 469 g/mol. The van der Waals surface area contributed by atoms with Crippen LogP contribution in [-0.4, -0.2) is 65.2 Å². The number of hydrogen-bond donors (Lipinski definition) is 1. The highest BCUT2D eigenvalue weighted by Gasteiger charge is 2.34. The molecule has 0 aromatic heterocycles. The predicted molar refractivity (Wildman–Crippen MR) is 143 cm³/mol. The summed E-state index contributed by atoms with van der Waals surface area (Å²) in [5, 5.41) is 3.04. The summed E-state index contributed by atoms with van der Waals surface area (Å²) in [4.78, 5) is 41.4. The number of piperidine rings is 1. The quantitative estimate of drug-likeness (QED) is 0.499. The summed E-state index contributed by atoms with van der Waals surface area (Å²) >= 11 is 0. The van der Waals surface area contributed by atoms with Gasteiger partial charge in [-0.1, -0.05) is 0 Å². The zero-order valence-corrected chi connectivity index (χ0v) is 22.6. The van der Waals surface area contributed by atoms with E-state index in [2.05, 4.69) is 15.1 Å². The third-order valence-corrected chi connectivity index (χ3v) is 9.01. The summed E-state index contributed by atoms with van der Waals surface area (Å²) in [6.45, 7) is 6.27. The van der Waals surface area contributed by atoms with Gasteiger partial charge in [-0.2, -0.15) is 0 Å². The van der Waals surface area contributed by atoms with Gasteiger partial charge < -0.3 is 15.1 Å². The molecule has 204 valence electrons. The zero-order chi connectivity index (χ0) is 26.4. The molecule has 1 N–H and O–H groups in total. The Morgan fingerprint density at radius 2 is 1.43 bits per heavy atom. The lowest BCUT2D eigenvalue weighted by molar-refractivity contribution is -0.136. The van der Waals surface area contributed by atoms with Crippen LogP contribution < -0.4 is 5.32 Å². The Balaban J connectivity index is 1.16. The van der Waals surface area contributed by atoms with Crippen LogP contribution in [-0.2, 0) is 9.59 Å². The molecule has 0 spiro atoms. The summed E-state index contributed by atoms with van der Waals surface area (Å²) in [6.07, 6.45) is 11.3. The van der Waals surface area contributed by atoms with Crippen LogP contribution in [0.4, 0.5) is 4.39 Å². The van der Waals surface area contributed by atoms with Crippen LogP contribution in [0.2, 0.25) is 0 Å². The van der Waals surface area contributed by atoms with E-state index in [0.29, 0.717) is 23.6 Å². The Morgan fingerprint density at radius 1 is 0.865 bits per heavy atom. The van der Waals surface area contributed by atoms with Crippen molar-refractivity contribution >= 4 is 17.6 Å². The molecule has 0 atom stereocenters. The number of rotatable bonds is 8. The number of carbonyl (C=O) groups is 3. The maximum atomic E-state index is 13.2. The Labute approximate surface area is 221 Å². The van der Waals surface area contributed by atoms with E-state index < -0.39 is 0 Å². The number of benzene rings is 1. The number of nitrogens with zero attached hydrogens (tertiary/aromatic N) is 2. The van der Waals surface area contributed by atoms with Gasteiger partial charge in [-0.3, -0.25) is 14.4 Å². The lowest BCUT2D eigenvalue weighted by Gasteiger charge is -2.44. The van der Waals surface area contributed by atoms with Crippen LogP contribution in [0.25, 0.3) is 0 Å². The van der Waals surface area contributed by atoms with Crippen molar-refractivity contribution in [2.45, 2.75) is 103 Å². The Bertz CT molecular complexity index is 913. The Morgan fingerprint density at radius 3 is 1.97 bits per heavy atom. The third kappa shape index (κ3) is 7.62. The topological polar surface area (TPSA) is 69.7 Å². The number of Topliss-reactive ketones (excluding diaryl/α,β-unsaturated/α-hetero) is 1. The zero-order valence-electron chi connectivity index (χ0n) is 22.6. The number of carbonyl (C=O) groups excluding carboxylic acids is 3. The highest BCUT2D eigenvalue weighted by Crippen LogP contribution is 2.34. The Kier molecular flexibility index (Phi) is 9.74. The molecule has 4 rings (SSSR count). The summed E-state index contributed by atoms with van der Waals surface area (Å²) in [7, 11) is 0. The summed E-state index contributed by atoms with van der Waals surface area (Å²) in [6, 6.07) is 6.85. The van der Waals surface area contributed by atoms with Gasteiger partial charge in [-0.05, 0) is 120 Å². The van der Waals surface area contributed by atoms with Crippen LogP contribution >= 0.6 is 0 Å². The summed E-state index contributed by atoms with van der Waals surface area (Å²) < 4.78 is 13.2. The minimum atomic E-state index is -0.305. The SMILES string of the molecule is CC(=O)NC1CCC(N(C(C)=O)C2CCC(CCN3CCC(C(=O)c4ccc(F)cc4)CC3)CC2)CC1. The Hall–Kier alpha value is -2.28. The van der Waals surface area contributed by atoms with E-state index in [-0.39, 0.29) is 35.4 Å². The van der Waals surface area contributed by atoms with Gasteiger partial charge in [-0.25, -0.2) is 4.39 Å². The largest absolute Gasteiger partial charge is 0.354 e. The van der Waals surface area contributed by atoms with Crippen LogP contribution in [0.15, 0.2) is 24.3 Å². The van der Waals surface area contributed by atoms with E-state index in [0.717, 1.165) is 71.0 Å². The standard InChI is InChI=1S/C30H44FN3O3/c1-21(35)32-27-9-13-29(14-10-27)34(22(2)36)28-11-3-23(4-12-28)15-18-33-19-16-25(17-20-33)30(37)24-5-7-26(31)8-6-24/h5-8,23,25,27-29H,3-4,9-20H2,1-2H3,(H,32,35). The van der Waals surface area contributed by atoms with E-state index in [9.17, 15) is 18.8 Å². The molecule has 2 aliphatic carbocycles. The minimum absolute atomic E-state index is 0.0352. The first-order valence-electron chi connectivity index (χ1n) is 14.4. The first-order valence-corrected chi connectivity index (χ1v) is 14.4. The smallest absolute Gasteiger partial charge is 0.219 e. The van der Waals surface area contributed by atoms with Gasteiger partial charge in [0.25, 0.3) is 0 Å². The van der Waals surface area contributed by atoms with Crippen molar-refractivity contribution in [1.82, 2.24) is 15.1 Å². The van der Waals surface area contributed by atoms with E-state index in [1.165, 1.54) is 31.4 Å². The molecule has 6 nitrogen and oxygen atoms in total. The molecule has 3 aliphatic rings.